The van der Waals surface area contributed by atoms with Gasteiger partial charge >= 0.3 is 5.97 Å². The van der Waals surface area contributed by atoms with Crippen LogP contribution in [-0.4, -0.2) is 31.1 Å². The maximum absolute atomic E-state index is 11.7. The van der Waals surface area contributed by atoms with Crippen LogP contribution in [0.5, 0.6) is 0 Å². The molecule has 0 aromatic rings. The Morgan fingerprint density at radius 2 is 1.82 bits per heavy atom. The molecule has 4 nitrogen and oxygen atoms in total. The van der Waals surface area contributed by atoms with Crippen LogP contribution in [-0.2, 0) is 19.0 Å². The lowest BCUT2D eigenvalue weighted by molar-refractivity contribution is -0.210. The molecule has 0 N–H and O–H groups in total. The van der Waals surface area contributed by atoms with E-state index in [1.807, 2.05) is 6.08 Å². The zero-order valence-electron chi connectivity index (χ0n) is 18.0. The van der Waals surface area contributed by atoms with Gasteiger partial charge in [0, 0.05) is 13.0 Å². The number of unbranched alkanes of at least 4 members (excludes halogenated alkanes) is 8. The Hall–Kier alpha value is -0.870. The van der Waals surface area contributed by atoms with Crippen LogP contribution in [0.15, 0.2) is 12.7 Å². The van der Waals surface area contributed by atoms with Gasteiger partial charge in [-0.25, -0.2) is 0 Å². The van der Waals surface area contributed by atoms with E-state index in [9.17, 15) is 4.79 Å². The second kappa shape index (κ2) is 14.2. The highest BCUT2D eigenvalue weighted by molar-refractivity contribution is 5.78. The van der Waals surface area contributed by atoms with Gasteiger partial charge in [-0.15, -0.1) is 6.58 Å². The van der Waals surface area contributed by atoms with Gasteiger partial charge in [-0.05, 0) is 32.1 Å². The van der Waals surface area contributed by atoms with Gasteiger partial charge in [0.2, 0.25) is 0 Å². The third-order valence-electron chi connectivity index (χ3n) is 6.05. The first kappa shape index (κ1) is 23.4. The summed E-state index contributed by atoms with van der Waals surface area (Å²) >= 11 is 0. The van der Waals surface area contributed by atoms with Gasteiger partial charge in [0.15, 0.2) is 6.29 Å². The summed E-state index contributed by atoms with van der Waals surface area (Å²) in [6, 6.07) is 0. The van der Waals surface area contributed by atoms with Gasteiger partial charge in [-0.1, -0.05) is 70.8 Å². The molecule has 28 heavy (non-hydrogen) atoms. The lowest BCUT2D eigenvalue weighted by atomic mass is 9.88. The summed E-state index contributed by atoms with van der Waals surface area (Å²) in [5.41, 5.74) is 0. The van der Waals surface area contributed by atoms with E-state index < -0.39 is 0 Å². The van der Waals surface area contributed by atoms with Crippen LogP contribution >= 0.6 is 0 Å². The molecule has 0 spiro atoms. The van der Waals surface area contributed by atoms with E-state index >= 15 is 0 Å². The number of ether oxygens (including phenoxy) is 3. The third kappa shape index (κ3) is 8.65. The summed E-state index contributed by atoms with van der Waals surface area (Å²) in [4.78, 5) is 11.7. The molecule has 162 valence electrons. The smallest absolute Gasteiger partial charge is 0.313 e. The van der Waals surface area contributed by atoms with Crippen LogP contribution < -0.4 is 0 Å². The highest BCUT2D eigenvalue weighted by Crippen LogP contribution is 2.32. The van der Waals surface area contributed by atoms with Crippen LogP contribution in [0.3, 0.4) is 0 Å². The molecule has 0 radical (unpaired) electrons. The first-order valence-electron chi connectivity index (χ1n) is 11.8. The summed E-state index contributed by atoms with van der Waals surface area (Å²) in [6.07, 6.45) is 19.6. The van der Waals surface area contributed by atoms with Crippen LogP contribution in [0.25, 0.3) is 0 Å². The topological polar surface area (TPSA) is 44.8 Å². The van der Waals surface area contributed by atoms with Crippen LogP contribution in [0.2, 0.25) is 0 Å². The molecule has 0 aromatic heterocycles. The molecule has 4 unspecified atom stereocenters. The average Bonchev–Trinajstić information content (AvgIpc) is 2.71. The second-order valence-electron chi connectivity index (χ2n) is 8.51. The van der Waals surface area contributed by atoms with Crippen molar-refractivity contribution in [3.05, 3.63) is 12.7 Å². The van der Waals surface area contributed by atoms with E-state index in [1.165, 1.54) is 64.2 Å². The van der Waals surface area contributed by atoms with Gasteiger partial charge in [-0.3, -0.25) is 4.79 Å². The predicted molar refractivity (Wildman–Crippen MR) is 113 cm³/mol. The van der Waals surface area contributed by atoms with Gasteiger partial charge in [-0.2, -0.15) is 0 Å². The first-order chi connectivity index (χ1) is 13.7. The maximum atomic E-state index is 11.7. The molecule has 4 atom stereocenters. The fourth-order valence-corrected chi connectivity index (χ4v) is 4.25. The lowest BCUT2D eigenvalue weighted by Crippen LogP contribution is -2.47. The minimum atomic E-state index is -0.0827. The number of hydrogen-bond acceptors (Lipinski definition) is 4. The summed E-state index contributed by atoms with van der Waals surface area (Å²) in [5.74, 6) is -0.111. The van der Waals surface area contributed by atoms with Gasteiger partial charge in [0.25, 0.3) is 0 Å². The van der Waals surface area contributed by atoms with Crippen molar-refractivity contribution in [1.29, 1.82) is 0 Å². The van der Waals surface area contributed by atoms with Gasteiger partial charge in [0.1, 0.15) is 6.10 Å². The monoisotopic (exact) mass is 394 g/mol. The van der Waals surface area contributed by atoms with Crippen molar-refractivity contribution < 1.29 is 19.0 Å². The Bertz CT molecular complexity index is 430. The average molecular weight is 395 g/mol. The normalized spacial score (nSPS) is 25.8. The number of carbonyl (C=O) groups is 1. The highest BCUT2D eigenvalue weighted by Gasteiger charge is 2.42. The van der Waals surface area contributed by atoms with Crippen molar-refractivity contribution >= 4 is 5.97 Å². The van der Waals surface area contributed by atoms with Crippen LogP contribution in [0.4, 0.5) is 0 Å². The highest BCUT2D eigenvalue weighted by atomic mass is 16.7. The molecule has 0 aliphatic carbocycles. The fourth-order valence-electron chi connectivity index (χ4n) is 4.25. The van der Waals surface area contributed by atoms with E-state index in [4.69, 9.17) is 14.2 Å². The maximum Gasteiger partial charge on any atom is 0.313 e. The quantitative estimate of drug-likeness (QED) is 0.174. The molecule has 2 rings (SSSR count). The predicted octanol–water partition coefficient (Wildman–Crippen LogP) is 6.33. The first-order valence-corrected chi connectivity index (χ1v) is 11.8. The molecule has 0 aromatic carbocycles. The van der Waals surface area contributed by atoms with Crippen molar-refractivity contribution in [3.8, 4) is 0 Å². The molecule has 0 bridgehead atoms. The zero-order valence-corrected chi connectivity index (χ0v) is 18.0. The molecule has 2 fully saturated rings. The zero-order chi connectivity index (χ0) is 20.0. The fraction of sp³-hybridized carbons (Fsp3) is 0.875. The number of carbonyl (C=O) groups excluding carboxylic acids is 1. The summed E-state index contributed by atoms with van der Waals surface area (Å²) < 4.78 is 17.5. The van der Waals surface area contributed by atoms with Crippen molar-refractivity contribution in [1.82, 2.24) is 0 Å². The Labute approximate surface area is 172 Å². The van der Waals surface area contributed by atoms with Crippen molar-refractivity contribution in [2.45, 2.75) is 122 Å². The summed E-state index contributed by atoms with van der Waals surface area (Å²) in [5, 5.41) is 0. The molecule has 2 aliphatic heterocycles. The Morgan fingerprint density at radius 3 is 2.43 bits per heavy atom. The number of hydrogen-bond donors (Lipinski definition) is 0. The lowest BCUT2D eigenvalue weighted by Gasteiger charge is -2.37. The second-order valence-corrected chi connectivity index (χ2v) is 8.51. The number of cyclic esters (lactones) is 1. The number of rotatable bonds is 16. The van der Waals surface area contributed by atoms with E-state index in [0.717, 1.165) is 32.3 Å². The number of allylic oxidation sites excluding steroid dienone is 1. The van der Waals surface area contributed by atoms with Crippen molar-refractivity contribution in [3.63, 3.8) is 0 Å². The SMILES string of the molecule is C=CCC1C(=O)OC1CC(CCCCCCCCCCC)OC1CCCCO1. The number of esters is 1. The van der Waals surface area contributed by atoms with E-state index in [-0.39, 0.29) is 30.4 Å². The molecule has 0 saturated carbocycles. The molecule has 2 aliphatic rings. The van der Waals surface area contributed by atoms with Crippen molar-refractivity contribution in [2.75, 3.05) is 6.61 Å². The largest absolute Gasteiger partial charge is 0.461 e. The van der Waals surface area contributed by atoms with E-state index in [1.54, 1.807) is 0 Å². The molecular weight excluding hydrogens is 352 g/mol. The Kier molecular flexibility index (Phi) is 11.8. The summed E-state index contributed by atoms with van der Waals surface area (Å²) in [6.45, 7) is 6.83. The van der Waals surface area contributed by atoms with E-state index in [2.05, 4.69) is 13.5 Å². The Morgan fingerprint density at radius 1 is 1.11 bits per heavy atom. The van der Waals surface area contributed by atoms with Crippen molar-refractivity contribution in [2.24, 2.45) is 5.92 Å². The minimum Gasteiger partial charge on any atom is -0.461 e. The summed E-state index contributed by atoms with van der Waals surface area (Å²) in [7, 11) is 0. The van der Waals surface area contributed by atoms with Crippen LogP contribution in [0.1, 0.15) is 103 Å². The third-order valence-corrected chi connectivity index (χ3v) is 6.05. The standard InChI is InChI=1S/C24H42O4/c1-3-5-6-7-8-9-10-11-12-16-20(27-23-17-13-14-18-26-23)19-22-21(15-4-2)24(25)28-22/h4,20-23H,2-3,5-19H2,1H3. The Balaban J connectivity index is 1.67. The van der Waals surface area contributed by atoms with Gasteiger partial charge in [0.05, 0.1) is 12.0 Å². The van der Waals surface area contributed by atoms with E-state index in [0.29, 0.717) is 6.42 Å². The molecule has 4 heteroatoms. The molecule has 2 saturated heterocycles. The molecule has 0 amide bonds. The minimum absolute atomic E-state index is 0.0161. The van der Waals surface area contributed by atoms with Gasteiger partial charge < -0.3 is 14.2 Å². The molecule has 2 heterocycles. The van der Waals surface area contributed by atoms with Crippen LogP contribution in [0, 0.1) is 5.92 Å². The molecular formula is C24H42O4.